The SMILES string of the molecule is [B]C12CNCC1CN(C/C=C/C(=O)N1CCn3c(C(C)=O)cnc3C1)C2. The number of nitrogens with one attached hydrogen (secondary N) is 1. The summed E-state index contributed by atoms with van der Waals surface area (Å²) >= 11 is 0. The highest BCUT2D eigenvalue weighted by Gasteiger charge is 2.44. The second-order valence-electron chi connectivity index (χ2n) is 7.68. The van der Waals surface area contributed by atoms with Gasteiger partial charge in [0.25, 0.3) is 0 Å². The fraction of sp³-hybridized carbons (Fsp3) is 0.611. The number of nitrogens with zero attached hydrogens (tertiary/aromatic N) is 4. The number of rotatable bonds is 4. The molecule has 2 atom stereocenters. The maximum atomic E-state index is 12.5. The Morgan fingerprint density at radius 2 is 2.31 bits per heavy atom. The first-order valence-corrected chi connectivity index (χ1v) is 9.19. The van der Waals surface area contributed by atoms with Crippen molar-refractivity contribution in [1.29, 1.82) is 0 Å². The van der Waals surface area contributed by atoms with E-state index >= 15 is 0 Å². The molecule has 2 unspecified atom stereocenters. The number of likely N-dealkylation sites (tertiary alicyclic amines) is 1. The first-order valence-electron chi connectivity index (χ1n) is 9.19. The third-order valence-electron chi connectivity index (χ3n) is 5.81. The average molecular weight is 353 g/mol. The molecular formula is C18H24BN5O2. The van der Waals surface area contributed by atoms with Crippen LogP contribution in [0, 0.1) is 5.92 Å². The van der Waals surface area contributed by atoms with Gasteiger partial charge in [-0.2, -0.15) is 0 Å². The van der Waals surface area contributed by atoms with Gasteiger partial charge in [0.05, 0.1) is 20.6 Å². The molecule has 1 N–H and O–H groups in total. The molecular weight excluding hydrogens is 329 g/mol. The molecule has 3 aliphatic heterocycles. The molecule has 0 aromatic carbocycles. The van der Waals surface area contributed by atoms with Gasteiger partial charge in [-0.3, -0.25) is 14.5 Å². The summed E-state index contributed by atoms with van der Waals surface area (Å²) in [6, 6.07) is 0. The van der Waals surface area contributed by atoms with Gasteiger partial charge in [0.2, 0.25) is 5.91 Å². The molecule has 1 amide bonds. The molecule has 1 aromatic heterocycles. The summed E-state index contributed by atoms with van der Waals surface area (Å²) in [6.07, 6.45) is 5.19. The average Bonchev–Trinajstić information content (AvgIpc) is 3.25. The summed E-state index contributed by atoms with van der Waals surface area (Å²) in [7, 11) is 6.43. The highest BCUT2D eigenvalue weighted by atomic mass is 16.2. The number of carbonyl (C=O) groups is 2. The lowest BCUT2D eigenvalue weighted by molar-refractivity contribution is -0.127. The molecule has 136 valence electrons. The molecule has 8 heteroatoms. The Labute approximate surface area is 154 Å². The standard InChI is InChI=1S/C18H24BN5O2/c1-13(25)15-8-21-16-10-23(5-6-24(15)16)17(26)3-2-4-22-9-14-7-20-11-18(14,19)12-22/h2-3,8,14,20H,4-7,9-12H2,1H3/b3-2+. The van der Waals surface area contributed by atoms with Crippen LogP contribution in [0.3, 0.4) is 0 Å². The number of fused-ring (bicyclic) bond motifs is 2. The van der Waals surface area contributed by atoms with E-state index in [4.69, 9.17) is 7.85 Å². The molecule has 2 radical (unpaired) electrons. The molecule has 0 spiro atoms. The van der Waals surface area contributed by atoms with Crippen molar-refractivity contribution in [3.63, 3.8) is 0 Å². The highest BCUT2D eigenvalue weighted by Crippen LogP contribution is 2.42. The van der Waals surface area contributed by atoms with Crippen molar-refractivity contribution in [2.75, 3.05) is 39.3 Å². The predicted molar refractivity (Wildman–Crippen MR) is 98.0 cm³/mol. The van der Waals surface area contributed by atoms with E-state index in [0.717, 1.165) is 38.5 Å². The summed E-state index contributed by atoms with van der Waals surface area (Å²) in [5.41, 5.74) is 0.618. The van der Waals surface area contributed by atoms with E-state index in [1.165, 1.54) is 0 Å². The number of aromatic nitrogens is 2. The van der Waals surface area contributed by atoms with E-state index in [-0.39, 0.29) is 17.0 Å². The predicted octanol–water partition coefficient (Wildman–Crippen LogP) is -0.154. The van der Waals surface area contributed by atoms with E-state index in [0.29, 0.717) is 31.2 Å². The number of ketones is 1. The van der Waals surface area contributed by atoms with Crippen molar-refractivity contribution in [3.05, 3.63) is 29.9 Å². The fourth-order valence-electron chi connectivity index (χ4n) is 4.33. The molecule has 0 bridgehead atoms. The second-order valence-corrected chi connectivity index (χ2v) is 7.68. The van der Waals surface area contributed by atoms with Crippen molar-refractivity contribution >= 4 is 19.5 Å². The lowest BCUT2D eigenvalue weighted by Crippen LogP contribution is -2.38. The Morgan fingerprint density at radius 1 is 1.46 bits per heavy atom. The fourth-order valence-corrected chi connectivity index (χ4v) is 4.33. The van der Waals surface area contributed by atoms with Crippen LogP contribution in [-0.2, 0) is 17.9 Å². The zero-order chi connectivity index (χ0) is 18.3. The Balaban J connectivity index is 1.31. The van der Waals surface area contributed by atoms with Gasteiger partial charge in [-0.1, -0.05) is 6.08 Å². The molecule has 4 rings (SSSR count). The maximum absolute atomic E-state index is 12.5. The summed E-state index contributed by atoms with van der Waals surface area (Å²) in [4.78, 5) is 32.4. The monoisotopic (exact) mass is 353 g/mol. The smallest absolute Gasteiger partial charge is 0.246 e. The van der Waals surface area contributed by atoms with E-state index in [9.17, 15) is 9.59 Å². The Hall–Kier alpha value is -1.93. The molecule has 0 aliphatic carbocycles. The molecule has 4 heterocycles. The van der Waals surface area contributed by atoms with Crippen LogP contribution < -0.4 is 5.32 Å². The van der Waals surface area contributed by atoms with E-state index in [2.05, 4.69) is 15.2 Å². The third-order valence-corrected chi connectivity index (χ3v) is 5.81. The molecule has 2 saturated heterocycles. The number of carbonyl (C=O) groups excluding carboxylic acids is 2. The minimum absolute atomic E-state index is 0.00618. The zero-order valence-electron chi connectivity index (χ0n) is 15.1. The van der Waals surface area contributed by atoms with Gasteiger partial charge in [-0.15, -0.1) is 0 Å². The maximum Gasteiger partial charge on any atom is 0.246 e. The number of Topliss-reactive ketones (excluding diaryl/α,β-unsaturated/α-hetero) is 1. The van der Waals surface area contributed by atoms with Crippen LogP contribution in [0.4, 0.5) is 0 Å². The molecule has 26 heavy (non-hydrogen) atoms. The van der Waals surface area contributed by atoms with Crippen molar-refractivity contribution in [2.45, 2.75) is 25.3 Å². The van der Waals surface area contributed by atoms with Gasteiger partial charge in [0, 0.05) is 39.2 Å². The van der Waals surface area contributed by atoms with Crippen molar-refractivity contribution in [2.24, 2.45) is 5.92 Å². The number of hydrogen-bond acceptors (Lipinski definition) is 5. The third kappa shape index (κ3) is 3.12. The second kappa shape index (κ2) is 6.66. The summed E-state index contributed by atoms with van der Waals surface area (Å²) < 4.78 is 1.91. The van der Waals surface area contributed by atoms with Gasteiger partial charge >= 0.3 is 0 Å². The van der Waals surface area contributed by atoms with Gasteiger partial charge < -0.3 is 14.8 Å². The Morgan fingerprint density at radius 3 is 3.08 bits per heavy atom. The van der Waals surface area contributed by atoms with Crippen LogP contribution in [0.5, 0.6) is 0 Å². The topological polar surface area (TPSA) is 70.5 Å². The zero-order valence-corrected chi connectivity index (χ0v) is 15.1. The molecule has 1 aromatic rings. The molecule has 0 saturated carbocycles. The quantitative estimate of drug-likeness (QED) is 0.463. The summed E-state index contributed by atoms with van der Waals surface area (Å²) in [5, 5.41) is 3.25. The first kappa shape index (κ1) is 17.5. The minimum Gasteiger partial charge on any atom is -0.330 e. The van der Waals surface area contributed by atoms with Gasteiger partial charge in [0.1, 0.15) is 11.5 Å². The lowest BCUT2D eigenvalue weighted by Gasteiger charge is -2.27. The van der Waals surface area contributed by atoms with E-state index in [1.807, 2.05) is 10.6 Å². The van der Waals surface area contributed by atoms with Crippen LogP contribution in [0.1, 0.15) is 23.2 Å². The summed E-state index contributed by atoms with van der Waals surface area (Å²) in [6.45, 7) is 7.65. The van der Waals surface area contributed by atoms with Gasteiger partial charge in [0.15, 0.2) is 5.78 Å². The van der Waals surface area contributed by atoms with Crippen LogP contribution in [0.15, 0.2) is 18.3 Å². The number of amides is 1. The lowest BCUT2D eigenvalue weighted by atomic mass is 9.64. The van der Waals surface area contributed by atoms with Crippen molar-refractivity contribution in [1.82, 2.24) is 24.7 Å². The Kier molecular flexibility index (Phi) is 4.48. The van der Waals surface area contributed by atoms with E-state index < -0.39 is 0 Å². The van der Waals surface area contributed by atoms with Gasteiger partial charge in [-0.25, -0.2) is 4.98 Å². The van der Waals surface area contributed by atoms with Crippen molar-refractivity contribution < 1.29 is 9.59 Å². The minimum atomic E-state index is -0.115. The van der Waals surface area contributed by atoms with E-state index in [1.54, 1.807) is 24.1 Å². The largest absolute Gasteiger partial charge is 0.330 e. The molecule has 7 nitrogen and oxygen atoms in total. The van der Waals surface area contributed by atoms with Crippen LogP contribution >= 0.6 is 0 Å². The van der Waals surface area contributed by atoms with Crippen LogP contribution in [-0.4, -0.2) is 78.2 Å². The first-order chi connectivity index (χ1) is 12.5. The number of imidazole rings is 1. The van der Waals surface area contributed by atoms with Gasteiger partial charge in [-0.05, 0) is 30.9 Å². The molecule has 2 fully saturated rings. The molecule has 3 aliphatic rings. The summed E-state index contributed by atoms with van der Waals surface area (Å²) in [5.74, 6) is 1.27. The van der Waals surface area contributed by atoms with Crippen LogP contribution in [0.25, 0.3) is 0 Å². The highest BCUT2D eigenvalue weighted by molar-refractivity contribution is 6.16. The van der Waals surface area contributed by atoms with Crippen molar-refractivity contribution in [3.8, 4) is 0 Å². The van der Waals surface area contributed by atoms with Crippen LogP contribution in [0.2, 0.25) is 5.31 Å². The normalized spacial score (nSPS) is 28.5. The Bertz CT molecular complexity index is 761. The number of hydrogen-bond donors (Lipinski definition) is 1.